The van der Waals surface area contributed by atoms with Crippen molar-refractivity contribution < 1.29 is 4.74 Å². The van der Waals surface area contributed by atoms with Crippen molar-refractivity contribution in [3.63, 3.8) is 0 Å². The summed E-state index contributed by atoms with van der Waals surface area (Å²) in [4.78, 5) is 0. The van der Waals surface area contributed by atoms with Crippen molar-refractivity contribution >= 4 is 22.6 Å². The first-order valence-corrected chi connectivity index (χ1v) is 5.57. The molecule has 0 bridgehead atoms. The van der Waals surface area contributed by atoms with Gasteiger partial charge in [0.1, 0.15) is 0 Å². The number of alkyl halides is 1. The van der Waals surface area contributed by atoms with Crippen LogP contribution in [0.15, 0.2) is 0 Å². The second-order valence-electron chi connectivity index (χ2n) is 3.01. The fourth-order valence-electron chi connectivity index (χ4n) is 1.38. The molecule has 0 aromatic heterocycles. The Labute approximate surface area is 76.7 Å². The molecule has 1 rings (SSSR count). The first kappa shape index (κ1) is 8.78. The second-order valence-corrected chi connectivity index (χ2v) is 3.89. The average Bonchev–Trinajstić information content (AvgIpc) is 2.13. The maximum atomic E-state index is 5.75. The lowest BCUT2D eigenvalue weighted by atomic mass is 10.1. The highest BCUT2D eigenvalue weighted by Gasteiger charge is 2.15. The average molecular weight is 254 g/mol. The topological polar surface area (TPSA) is 9.23 Å². The van der Waals surface area contributed by atoms with Crippen LogP contribution < -0.4 is 0 Å². The summed E-state index contributed by atoms with van der Waals surface area (Å²) in [5.41, 5.74) is 0. The third-order valence-corrected chi connectivity index (χ3v) is 2.97. The summed E-state index contributed by atoms with van der Waals surface area (Å²) in [6.45, 7) is 2.19. The number of rotatable bonds is 1. The first-order valence-electron chi connectivity index (χ1n) is 4.04. The largest absolute Gasteiger partial charge is 0.374 e. The Bertz CT molecular complexity index is 95.3. The third kappa shape index (κ3) is 2.74. The standard InChI is InChI=1S/C8H15IO/c1-7-4-2-3-5-8(6-9)10-7/h7-8H,2-6H2,1H3/t7-,8-/m1/s1. The van der Waals surface area contributed by atoms with Crippen LogP contribution in [0.25, 0.3) is 0 Å². The Morgan fingerprint density at radius 2 is 2.10 bits per heavy atom. The predicted molar refractivity (Wildman–Crippen MR) is 51.7 cm³/mol. The van der Waals surface area contributed by atoms with Crippen molar-refractivity contribution in [3.8, 4) is 0 Å². The van der Waals surface area contributed by atoms with E-state index < -0.39 is 0 Å². The van der Waals surface area contributed by atoms with Crippen LogP contribution in [-0.4, -0.2) is 16.6 Å². The molecule has 0 saturated carbocycles. The fraction of sp³-hybridized carbons (Fsp3) is 1.00. The molecule has 0 aromatic rings. The van der Waals surface area contributed by atoms with E-state index in [1.54, 1.807) is 0 Å². The summed E-state index contributed by atoms with van der Waals surface area (Å²) in [5.74, 6) is 0. The molecule has 2 atom stereocenters. The van der Waals surface area contributed by atoms with Gasteiger partial charge in [-0.15, -0.1) is 0 Å². The summed E-state index contributed by atoms with van der Waals surface area (Å²) >= 11 is 2.41. The predicted octanol–water partition coefficient (Wildman–Crippen LogP) is 2.77. The molecule has 0 aliphatic carbocycles. The molecule has 0 amide bonds. The zero-order chi connectivity index (χ0) is 7.40. The van der Waals surface area contributed by atoms with Gasteiger partial charge in [0.2, 0.25) is 0 Å². The van der Waals surface area contributed by atoms with E-state index in [0.29, 0.717) is 12.2 Å². The Morgan fingerprint density at radius 1 is 1.40 bits per heavy atom. The Kier molecular flexibility index (Phi) is 3.99. The number of ether oxygens (including phenoxy) is 1. The maximum Gasteiger partial charge on any atom is 0.0668 e. The van der Waals surface area contributed by atoms with Gasteiger partial charge in [-0.05, 0) is 19.8 Å². The van der Waals surface area contributed by atoms with E-state index in [1.165, 1.54) is 25.7 Å². The SMILES string of the molecule is C[C@@H]1CCCC[C@H](CI)O1. The maximum absolute atomic E-state index is 5.75. The normalized spacial score (nSPS) is 35.4. The van der Waals surface area contributed by atoms with Crippen LogP contribution in [0.5, 0.6) is 0 Å². The van der Waals surface area contributed by atoms with E-state index in [4.69, 9.17) is 4.74 Å². The van der Waals surface area contributed by atoms with Crippen LogP contribution >= 0.6 is 22.6 Å². The van der Waals surface area contributed by atoms with Crippen LogP contribution in [0.2, 0.25) is 0 Å². The van der Waals surface area contributed by atoms with E-state index in [0.717, 1.165) is 4.43 Å². The fourth-order valence-corrected chi connectivity index (χ4v) is 2.03. The molecule has 1 nitrogen and oxygen atoms in total. The molecular weight excluding hydrogens is 239 g/mol. The third-order valence-electron chi connectivity index (χ3n) is 1.98. The minimum Gasteiger partial charge on any atom is -0.374 e. The molecule has 1 aliphatic rings. The summed E-state index contributed by atoms with van der Waals surface area (Å²) in [7, 11) is 0. The zero-order valence-corrected chi connectivity index (χ0v) is 8.63. The molecule has 0 aromatic carbocycles. The van der Waals surface area contributed by atoms with E-state index >= 15 is 0 Å². The highest BCUT2D eigenvalue weighted by molar-refractivity contribution is 14.1. The van der Waals surface area contributed by atoms with Gasteiger partial charge in [-0.3, -0.25) is 0 Å². The molecule has 1 saturated heterocycles. The second kappa shape index (κ2) is 4.54. The van der Waals surface area contributed by atoms with Crippen LogP contribution in [-0.2, 0) is 4.74 Å². The van der Waals surface area contributed by atoms with Crippen molar-refractivity contribution in [1.82, 2.24) is 0 Å². The summed E-state index contributed by atoms with van der Waals surface area (Å²) < 4.78 is 6.91. The minimum absolute atomic E-state index is 0.502. The number of hydrogen-bond donors (Lipinski definition) is 0. The molecule has 1 fully saturated rings. The summed E-state index contributed by atoms with van der Waals surface area (Å²) in [5, 5.41) is 0. The van der Waals surface area contributed by atoms with Crippen molar-refractivity contribution in [2.45, 2.75) is 44.8 Å². The summed E-state index contributed by atoms with van der Waals surface area (Å²) in [6.07, 6.45) is 6.28. The van der Waals surface area contributed by atoms with Crippen molar-refractivity contribution in [2.75, 3.05) is 4.43 Å². The van der Waals surface area contributed by atoms with E-state index in [2.05, 4.69) is 29.5 Å². The van der Waals surface area contributed by atoms with E-state index in [1.807, 2.05) is 0 Å². The molecule has 60 valence electrons. The molecule has 2 heteroatoms. The Morgan fingerprint density at radius 3 is 2.80 bits per heavy atom. The molecule has 1 aliphatic heterocycles. The summed E-state index contributed by atoms with van der Waals surface area (Å²) in [6, 6.07) is 0. The first-order chi connectivity index (χ1) is 4.83. The lowest BCUT2D eigenvalue weighted by Crippen LogP contribution is -2.18. The quantitative estimate of drug-likeness (QED) is 0.516. The van der Waals surface area contributed by atoms with Gasteiger partial charge < -0.3 is 4.74 Å². The van der Waals surface area contributed by atoms with E-state index in [-0.39, 0.29) is 0 Å². The zero-order valence-electron chi connectivity index (χ0n) is 6.48. The van der Waals surface area contributed by atoms with Gasteiger partial charge in [-0.25, -0.2) is 0 Å². The highest BCUT2D eigenvalue weighted by Crippen LogP contribution is 2.19. The molecular formula is C8H15IO. The number of halogens is 1. The monoisotopic (exact) mass is 254 g/mol. The molecule has 1 heterocycles. The van der Waals surface area contributed by atoms with Gasteiger partial charge in [0, 0.05) is 4.43 Å². The smallest absolute Gasteiger partial charge is 0.0668 e. The highest BCUT2D eigenvalue weighted by atomic mass is 127. The Hall–Kier alpha value is 0.690. The number of hydrogen-bond acceptors (Lipinski definition) is 1. The van der Waals surface area contributed by atoms with E-state index in [9.17, 15) is 0 Å². The van der Waals surface area contributed by atoms with Crippen molar-refractivity contribution in [2.24, 2.45) is 0 Å². The molecule has 0 N–H and O–H groups in total. The lowest BCUT2D eigenvalue weighted by molar-refractivity contribution is 0.0173. The molecule has 10 heavy (non-hydrogen) atoms. The van der Waals surface area contributed by atoms with Gasteiger partial charge >= 0.3 is 0 Å². The van der Waals surface area contributed by atoms with Crippen LogP contribution in [0.1, 0.15) is 32.6 Å². The molecule has 0 radical (unpaired) electrons. The van der Waals surface area contributed by atoms with Crippen molar-refractivity contribution in [1.29, 1.82) is 0 Å². The van der Waals surface area contributed by atoms with Gasteiger partial charge in [-0.1, -0.05) is 35.4 Å². The van der Waals surface area contributed by atoms with Gasteiger partial charge in [0.25, 0.3) is 0 Å². The Balaban J connectivity index is 2.30. The van der Waals surface area contributed by atoms with Crippen LogP contribution in [0, 0.1) is 0 Å². The molecule has 0 unspecified atom stereocenters. The van der Waals surface area contributed by atoms with Crippen molar-refractivity contribution in [3.05, 3.63) is 0 Å². The molecule has 0 spiro atoms. The lowest BCUT2D eigenvalue weighted by Gasteiger charge is -2.15. The minimum atomic E-state index is 0.502. The van der Waals surface area contributed by atoms with Crippen LogP contribution in [0.4, 0.5) is 0 Å². The van der Waals surface area contributed by atoms with Gasteiger partial charge in [0.15, 0.2) is 0 Å². The van der Waals surface area contributed by atoms with Gasteiger partial charge in [-0.2, -0.15) is 0 Å². The van der Waals surface area contributed by atoms with Gasteiger partial charge in [0.05, 0.1) is 12.2 Å². The van der Waals surface area contributed by atoms with Crippen LogP contribution in [0.3, 0.4) is 0 Å².